The second-order valence-electron chi connectivity index (χ2n) is 6.90. The standard InChI is InChI=1S/C5H9Si.3C3H7.Sn/c1-5-6(2,3)4;3*1-3-2;/h2-4H3;3*3H,1-2H3;. The summed E-state index contributed by atoms with van der Waals surface area (Å²) in [6, 6.07) is 0. The van der Waals surface area contributed by atoms with E-state index < -0.39 is 26.5 Å². The first-order valence-electron chi connectivity index (χ1n) is 6.58. The van der Waals surface area contributed by atoms with Crippen molar-refractivity contribution in [3.63, 3.8) is 0 Å². The van der Waals surface area contributed by atoms with Crippen LogP contribution in [0.1, 0.15) is 41.5 Å². The van der Waals surface area contributed by atoms with Crippen molar-refractivity contribution in [2.24, 2.45) is 0 Å². The van der Waals surface area contributed by atoms with E-state index in [2.05, 4.69) is 70.7 Å². The number of hydrogen-bond acceptors (Lipinski definition) is 0. The molecule has 0 fully saturated rings. The summed E-state index contributed by atoms with van der Waals surface area (Å²) in [6.45, 7) is 21.5. The third-order valence-electron chi connectivity index (χ3n) is 3.52. The molecule has 0 unspecified atom stereocenters. The molecule has 0 N–H and O–H groups in total. The van der Waals surface area contributed by atoms with Gasteiger partial charge in [-0.2, -0.15) is 0 Å². The first kappa shape index (κ1) is 16.6. The van der Waals surface area contributed by atoms with Crippen LogP contribution >= 0.6 is 0 Å². The van der Waals surface area contributed by atoms with Crippen LogP contribution in [0.15, 0.2) is 0 Å². The van der Waals surface area contributed by atoms with Gasteiger partial charge >= 0.3 is 109 Å². The molecule has 0 nitrogen and oxygen atoms in total. The fourth-order valence-electron chi connectivity index (χ4n) is 2.73. The van der Waals surface area contributed by atoms with Gasteiger partial charge in [0.15, 0.2) is 0 Å². The molecule has 0 aliphatic carbocycles. The summed E-state index contributed by atoms with van der Waals surface area (Å²) in [5.41, 5.74) is 3.69. The second-order valence-corrected chi connectivity index (χ2v) is 27.6. The molecule has 0 atom stereocenters. The van der Waals surface area contributed by atoms with Crippen LogP contribution in [-0.4, -0.2) is 26.5 Å². The van der Waals surface area contributed by atoms with Crippen molar-refractivity contribution in [2.75, 3.05) is 0 Å². The zero-order chi connectivity index (χ0) is 13.1. The minimum atomic E-state index is -2.31. The van der Waals surface area contributed by atoms with E-state index in [0.717, 1.165) is 11.8 Å². The summed E-state index contributed by atoms with van der Waals surface area (Å²) in [6.07, 6.45) is 0. The molecule has 0 radical (unpaired) electrons. The Hall–Kier alpha value is 0.576. The molecule has 0 amide bonds. The van der Waals surface area contributed by atoms with E-state index in [1.165, 1.54) is 0 Å². The average Bonchev–Trinajstić information content (AvgIpc) is 2.00. The summed E-state index contributed by atoms with van der Waals surface area (Å²) < 4.78 is 6.39. The molecular weight excluding hydrogens is 315 g/mol. The summed E-state index contributed by atoms with van der Waals surface area (Å²) in [5, 5.41) is 0. The third-order valence-corrected chi connectivity index (χ3v) is 23.1. The van der Waals surface area contributed by atoms with Crippen molar-refractivity contribution >= 4 is 26.5 Å². The first-order valence-corrected chi connectivity index (χ1v) is 16.5. The van der Waals surface area contributed by atoms with Crippen molar-refractivity contribution in [3.8, 4) is 9.48 Å². The summed E-state index contributed by atoms with van der Waals surface area (Å²) >= 11 is -2.31. The molecule has 0 aromatic carbocycles. The Kier molecular flexibility index (Phi) is 6.17. The molecule has 2 heteroatoms. The Bertz CT molecular complexity index is 252. The Labute approximate surface area is 108 Å². The molecule has 0 rings (SSSR count). The molecule has 94 valence electrons. The molecule has 0 aromatic heterocycles. The normalized spacial score (nSPS) is 13.2. The van der Waals surface area contributed by atoms with Gasteiger partial charge in [-0.05, 0) is 0 Å². The van der Waals surface area contributed by atoms with Crippen molar-refractivity contribution in [1.82, 2.24) is 0 Å². The van der Waals surface area contributed by atoms with Crippen LogP contribution in [0.2, 0.25) is 31.4 Å². The van der Waals surface area contributed by atoms with Crippen LogP contribution in [0.25, 0.3) is 0 Å². The Balaban J connectivity index is 5.45. The summed E-state index contributed by atoms with van der Waals surface area (Å²) in [7, 11) is -1.21. The van der Waals surface area contributed by atoms with Crippen LogP contribution in [-0.2, 0) is 0 Å². The van der Waals surface area contributed by atoms with E-state index in [9.17, 15) is 0 Å². The first-order chi connectivity index (χ1) is 7.04. The number of hydrogen-bond donors (Lipinski definition) is 0. The molecule has 0 aliphatic rings. The van der Waals surface area contributed by atoms with E-state index in [-0.39, 0.29) is 0 Å². The van der Waals surface area contributed by atoms with Crippen LogP contribution in [0, 0.1) is 9.48 Å². The van der Waals surface area contributed by atoms with Gasteiger partial charge < -0.3 is 0 Å². The van der Waals surface area contributed by atoms with Gasteiger partial charge in [-0.15, -0.1) is 0 Å². The van der Waals surface area contributed by atoms with Crippen molar-refractivity contribution in [2.45, 2.75) is 73.0 Å². The maximum atomic E-state index is 3.89. The van der Waals surface area contributed by atoms with Gasteiger partial charge in [-0.1, -0.05) is 0 Å². The van der Waals surface area contributed by atoms with Crippen LogP contribution in [0.3, 0.4) is 0 Å². The van der Waals surface area contributed by atoms with Gasteiger partial charge in [0.2, 0.25) is 0 Å². The second kappa shape index (κ2) is 5.95. The van der Waals surface area contributed by atoms with Crippen molar-refractivity contribution in [1.29, 1.82) is 0 Å². The molecular formula is C14H30SiSn. The Morgan fingerprint density at radius 3 is 1.25 bits per heavy atom. The topological polar surface area (TPSA) is 0 Å². The van der Waals surface area contributed by atoms with Crippen molar-refractivity contribution in [3.05, 3.63) is 0 Å². The molecule has 0 saturated carbocycles. The molecule has 0 spiro atoms. The average molecular weight is 345 g/mol. The molecule has 0 bridgehead atoms. The molecule has 16 heavy (non-hydrogen) atoms. The van der Waals surface area contributed by atoms with Gasteiger partial charge in [0.1, 0.15) is 0 Å². The monoisotopic (exact) mass is 346 g/mol. The van der Waals surface area contributed by atoms with Crippen LogP contribution in [0.4, 0.5) is 0 Å². The summed E-state index contributed by atoms with van der Waals surface area (Å²) in [5.74, 6) is 0. The van der Waals surface area contributed by atoms with Crippen LogP contribution in [0.5, 0.6) is 0 Å². The molecule has 0 aromatic rings. The molecule has 0 aliphatic heterocycles. The fourth-order valence-corrected chi connectivity index (χ4v) is 22.3. The van der Waals surface area contributed by atoms with E-state index in [1.807, 2.05) is 0 Å². The number of rotatable bonds is 3. The van der Waals surface area contributed by atoms with Gasteiger partial charge in [-0.25, -0.2) is 0 Å². The summed E-state index contributed by atoms with van der Waals surface area (Å²) in [4.78, 5) is 0. The van der Waals surface area contributed by atoms with E-state index in [1.54, 1.807) is 0 Å². The Morgan fingerprint density at radius 2 is 1.06 bits per heavy atom. The molecule has 0 heterocycles. The van der Waals surface area contributed by atoms with E-state index in [0.29, 0.717) is 0 Å². The quantitative estimate of drug-likeness (QED) is 0.494. The van der Waals surface area contributed by atoms with Gasteiger partial charge in [0.05, 0.1) is 0 Å². The predicted octanol–water partition coefficient (Wildman–Crippen LogP) is 5.09. The maximum absolute atomic E-state index is 3.89. The molecule has 0 saturated heterocycles. The fraction of sp³-hybridized carbons (Fsp3) is 0.857. The van der Waals surface area contributed by atoms with Gasteiger partial charge in [0.25, 0.3) is 0 Å². The van der Waals surface area contributed by atoms with E-state index >= 15 is 0 Å². The zero-order valence-corrected chi connectivity index (χ0v) is 16.6. The predicted molar refractivity (Wildman–Crippen MR) is 82.2 cm³/mol. The van der Waals surface area contributed by atoms with E-state index in [4.69, 9.17) is 0 Å². The van der Waals surface area contributed by atoms with Gasteiger partial charge in [-0.3, -0.25) is 0 Å². The van der Waals surface area contributed by atoms with Crippen LogP contribution < -0.4 is 0 Å². The van der Waals surface area contributed by atoms with Crippen molar-refractivity contribution < 1.29 is 0 Å². The van der Waals surface area contributed by atoms with Gasteiger partial charge in [0, 0.05) is 0 Å². The zero-order valence-electron chi connectivity index (χ0n) is 12.7. The SMILES string of the molecule is C[CH](C)[Sn]([C]#C[Si](C)(C)C)([CH](C)C)[CH](C)C. The Morgan fingerprint density at radius 1 is 0.750 bits per heavy atom. The minimum absolute atomic E-state index is 0.832. The third kappa shape index (κ3) is 4.11.